The number of halogens is 2. The zero-order valence-electron chi connectivity index (χ0n) is 15.0. The Morgan fingerprint density at radius 2 is 1.89 bits per heavy atom. The van der Waals surface area contributed by atoms with Gasteiger partial charge in [0.2, 0.25) is 6.54 Å². The van der Waals surface area contributed by atoms with Gasteiger partial charge in [-0.25, -0.2) is 0 Å². The van der Waals surface area contributed by atoms with Crippen molar-refractivity contribution in [2.75, 3.05) is 6.54 Å². The van der Waals surface area contributed by atoms with Crippen LogP contribution in [0, 0.1) is 16.0 Å². The fraction of sp³-hybridized carbons (Fsp3) is 0.316. The van der Waals surface area contributed by atoms with Gasteiger partial charge in [0.05, 0.1) is 5.92 Å². The molecule has 1 aliphatic rings. The smallest absolute Gasteiger partial charge is 0.387 e. The average molecular weight is 395 g/mol. The van der Waals surface area contributed by atoms with E-state index in [9.17, 15) is 23.7 Å². The van der Waals surface area contributed by atoms with Crippen molar-refractivity contribution in [3.8, 4) is 17.2 Å². The average Bonchev–Trinajstić information content (AvgIpc) is 2.99. The third-order valence-corrected chi connectivity index (χ3v) is 3.72. The van der Waals surface area contributed by atoms with Crippen molar-refractivity contribution in [3.05, 3.63) is 64.2 Å². The van der Waals surface area contributed by atoms with Crippen LogP contribution in [0.5, 0.6) is 17.2 Å². The molecule has 150 valence electrons. The molecule has 0 spiro atoms. The maximum atomic E-state index is 11.9. The van der Waals surface area contributed by atoms with Crippen molar-refractivity contribution in [1.29, 1.82) is 0 Å². The number of hydrogen-bond donors (Lipinski definition) is 0. The van der Waals surface area contributed by atoms with E-state index in [0.717, 1.165) is 12.4 Å². The third kappa shape index (κ3) is 7.18. The van der Waals surface area contributed by atoms with Gasteiger partial charge in [0.15, 0.2) is 0 Å². The molecule has 0 aliphatic carbocycles. The second-order valence-corrected chi connectivity index (χ2v) is 5.95. The normalized spacial score (nSPS) is 12.4. The first-order valence-electron chi connectivity index (χ1n) is 8.43. The molecule has 1 aliphatic heterocycles. The molecule has 7 nitrogen and oxygen atoms in total. The number of alkyl halides is 2. The topological polar surface area (TPSA) is 87.9 Å². The summed E-state index contributed by atoms with van der Waals surface area (Å²) in [5, 5.41) is 10.2. The molecule has 3 rings (SSSR count). The zero-order valence-corrected chi connectivity index (χ0v) is 15.0. The minimum absolute atomic E-state index is 0.0544. The molecule has 0 aromatic heterocycles. The second kappa shape index (κ2) is 10.2. The number of fused-ring (bicyclic) bond motifs is 2. The highest BCUT2D eigenvalue weighted by atomic mass is 19.3. The number of hydrogen-bond acceptors (Lipinski definition) is 6. The predicted octanol–water partition coefficient (Wildman–Crippen LogP) is 4.08. The SMILES string of the molecule is CC(CC[N+](=O)[O-])C(=O)Oc1ccc(OC(F)F)cc1.c1cc2cc(c1)OC2. The van der Waals surface area contributed by atoms with E-state index in [1.807, 2.05) is 12.1 Å². The summed E-state index contributed by atoms with van der Waals surface area (Å²) >= 11 is 0. The summed E-state index contributed by atoms with van der Waals surface area (Å²) in [6, 6.07) is 13.2. The first kappa shape index (κ1) is 21.1. The number of nitrogens with zero attached hydrogens (tertiary/aromatic N) is 1. The highest BCUT2D eigenvalue weighted by molar-refractivity contribution is 5.74. The Bertz CT molecular complexity index is 778. The van der Waals surface area contributed by atoms with Crippen molar-refractivity contribution in [1.82, 2.24) is 0 Å². The summed E-state index contributed by atoms with van der Waals surface area (Å²) in [4.78, 5) is 21.3. The van der Waals surface area contributed by atoms with Crippen LogP contribution < -0.4 is 14.2 Å². The second-order valence-electron chi connectivity index (χ2n) is 5.95. The Hall–Kier alpha value is -3.23. The van der Waals surface area contributed by atoms with E-state index in [1.54, 1.807) is 0 Å². The summed E-state index contributed by atoms with van der Waals surface area (Å²) in [6.45, 7) is -0.967. The Morgan fingerprint density at radius 3 is 2.46 bits per heavy atom. The molecule has 0 N–H and O–H groups in total. The highest BCUT2D eigenvalue weighted by Gasteiger charge is 2.18. The molecular weight excluding hydrogens is 376 g/mol. The number of ether oxygens (including phenoxy) is 3. The molecule has 1 atom stereocenters. The first-order valence-corrected chi connectivity index (χ1v) is 8.43. The van der Waals surface area contributed by atoms with E-state index in [1.165, 1.54) is 36.8 Å². The van der Waals surface area contributed by atoms with Crippen molar-refractivity contribution in [3.63, 3.8) is 0 Å². The lowest BCUT2D eigenvalue weighted by Crippen LogP contribution is -2.20. The molecule has 0 saturated carbocycles. The Balaban J connectivity index is 0.000000285. The molecule has 0 fully saturated rings. The van der Waals surface area contributed by atoms with E-state index < -0.39 is 23.4 Å². The van der Waals surface area contributed by atoms with Crippen LogP contribution in [0.3, 0.4) is 0 Å². The van der Waals surface area contributed by atoms with Gasteiger partial charge in [0, 0.05) is 11.3 Å². The molecule has 28 heavy (non-hydrogen) atoms. The largest absolute Gasteiger partial charge is 0.489 e. The lowest BCUT2D eigenvalue weighted by molar-refractivity contribution is -0.481. The van der Waals surface area contributed by atoms with E-state index in [2.05, 4.69) is 16.9 Å². The molecule has 0 amide bonds. The number of carbonyl (C=O) groups excluding carboxylic acids is 1. The van der Waals surface area contributed by atoms with Gasteiger partial charge in [-0.1, -0.05) is 19.1 Å². The fourth-order valence-corrected chi connectivity index (χ4v) is 2.21. The number of rotatable bonds is 7. The predicted molar refractivity (Wildman–Crippen MR) is 95.1 cm³/mol. The first-order chi connectivity index (χ1) is 13.3. The van der Waals surface area contributed by atoms with Crippen molar-refractivity contribution >= 4 is 5.97 Å². The molecular formula is C19H19F2NO6. The van der Waals surface area contributed by atoms with Crippen molar-refractivity contribution in [2.45, 2.75) is 26.6 Å². The highest BCUT2D eigenvalue weighted by Crippen LogP contribution is 2.21. The summed E-state index contributed by atoms with van der Waals surface area (Å²) in [5.74, 6) is -0.139. The van der Waals surface area contributed by atoms with Crippen LogP contribution in [0.1, 0.15) is 18.9 Å². The quantitative estimate of drug-likeness (QED) is 0.304. The van der Waals surface area contributed by atoms with Crippen LogP contribution in [0.2, 0.25) is 0 Å². The van der Waals surface area contributed by atoms with Crippen LogP contribution in [0.15, 0.2) is 48.5 Å². The van der Waals surface area contributed by atoms with Gasteiger partial charge < -0.3 is 14.2 Å². The standard InChI is InChI=1S/C12H13F2NO5.C7H6O/c1-8(6-7-15(17)18)11(16)19-9-2-4-10(5-3-9)20-12(13)14;1-2-6-4-7(3-1)8-5-6/h2-5,8,12H,6-7H2,1H3;1-4H,5H2. The van der Waals surface area contributed by atoms with E-state index in [-0.39, 0.29) is 24.5 Å². The molecule has 1 heterocycles. The molecule has 2 bridgehead atoms. The number of benzene rings is 2. The van der Waals surface area contributed by atoms with Crippen LogP contribution in [0.25, 0.3) is 0 Å². The van der Waals surface area contributed by atoms with Gasteiger partial charge in [0.25, 0.3) is 0 Å². The Morgan fingerprint density at radius 1 is 1.21 bits per heavy atom. The zero-order chi connectivity index (χ0) is 20.5. The van der Waals surface area contributed by atoms with Gasteiger partial charge in [0.1, 0.15) is 23.9 Å². The van der Waals surface area contributed by atoms with Crippen LogP contribution >= 0.6 is 0 Å². The van der Waals surface area contributed by atoms with Gasteiger partial charge in [-0.15, -0.1) is 0 Å². The lowest BCUT2D eigenvalue weighted by Gasteiger charge is -2.10. The maximum absolute atomic E-state index is 11.9. The van der Waals surface area contributed by atoms with Crippen LogP contribution in [0.4, 0.5) is 8.78 Å². The molecule has 2 aromatic rings. The number of nitro groups is 1. The summed E-state index contributed by atoms with van der Waals surface area (Å²) < 4.78 is 38.1. The van der Waals surface area contributed by atoms with Crippen LogP contribution in [-0.2, 0) is 11.4 Å². The summed E-state index contributed by atoms with van der Waals surface area (Å²) in [7, 11) is 0. The molecule has 9 heteroatoms. The lowest BCUT2D eigenvalue weighted by atomic mass is 10.1. The van der Waals surface area contributed by atoms with Crippen LogP contribution in [-0.4, -0.2) is 24.0 Å². The number of esters is 1. The van der Waals surface area contributed by atoms with E-state index in [0.29, 0.717) is 0 Å². The maximum Gasteiger partial charge on any atom is 0.387 e. The molecule has 0 radical (unpaired) electrons. The molecule has 1 unspecified atom stereocenters. The fourth-order valence-electron chi connectivity index (χ4n) is 2.21. The van der Waals surface area contributed by atoms with E-state index >= 15 is 0 Å². The van der Waals surface area contributed by atoms with Gasteiger partial charge >= 0.3 is 12.6 Å². The monoisotopic (exact) mass is 395 g/mol. The van der Waals surface area contributed by atoms with Gasteiger partial charge in [-0.2, -0.15) is 8.78 Å². The van der Waals surface area contributed by atoms with Gasteiger partial charge in [-0.3, -0.25) is 14.9 Å². The van der Waals surface area contributed by atoms with Crippen molar-refractivity contribution < 1.29 is 32.7 Å². The Labute approximate surface area is 160 Å². The number of carbonyl (C=O) groups is 1. The Kier molecular flexibility index (Phi) is 7.67. The van der Waals surface area contributed by atoms with E-state index in [4.69, 9.17) is 9.47 Å². The third-order valence-electron chi connectivity index (χ3n) is 3.72. The summed E-state index contributed by atoms with van der Waals surface area (Å²) in [6.07, 6.45) is 0.0679. The van der Waals surface area contributed by atoms with Crippen molar-refractivity contribution in [2.24, 2.45) is 5.92 Å². The molecule has 0 saturated heterocycles. The van der Waals surface area contributed by atoms with Gasteiger partial charge in [-0.05, 0) is 42.0 Å². The minimum atomic E-state index is -2.93. The minimum Gasteiger partial charge on any atom is -0.489 e. The summed E-state index contributed by atoms with van der Waals surface area (Å²) in [5.41, 5.74) is 1.28. The molecule has 2 aromatic carbocycles.